The zero-order chi connectivity index (χ0) is 20.1. The Bertz CT molecular complexity index is 524. The third-order valence-corrected chi connectivity index (χ3v) is 3.26. The van der Waals surface area contributed by atoms with Gasteiger partial charge in [0, 0.05) is 13.0 Å². The molecule has 0 aromatic rings. The number of halogens is 6. The van der Waals surface area contributed by atoms with Gasteiger partial charge in [-0.05, 0) is 0 Å². The maximum Gasteiger partial charge on any atom is 0.471 e. The smallest absolute Gasteiger partial charge is 0.388 e. The van der Waals surface area contributed by atoms with Crippen LogP contribution in [0.1, 0.15) is 6.42 Å². The van der Waals surface area contributed by atoms with Crippen molar-refractivity contribution in [2.24, 2.45) is 0 Å². The van der Waals surface area contributed by atoms with Crippen molar-refractivity contribution in [2.75, 3.05) is 13.2 Å². The van der Waals surface area contributed by atoms with Gasteiger partial charge in [0.1, 0.15) is 12.2 Å². The summed E-state index contributed by atoms with van der Waals surface area (Å²) < 4.78 is 83.8. The summed E-state index contributed by atoms with van der Waals surface area (Å²) in [5.41, 5.74) is 0. The van der Waals surface area contributed by atoms with Crippen LogP contribution in [0.2, 0.25) is 0 Å². The standard InChI is InChI=1S/C13H16F6N2O5/c1-2-3-25-8-4-6(21-11(24)13(17,18)19)9(22)7(26-8)5-20-10(23)12(14,15)16/h2,6-9,22H,1,3-5H2,(H,20,23)(H,21,24)/t6-,7-,8+,9+/m1/s1. The Kier molecular flexibility index (Phi) is 7.41. The van der Waals surface area contributed by atoms with Gasteiger partial charge in [-0.2, -0.15) is 26.3 Å². The molecule has 1 rings (SSSR count). The van der Waals surface area contributed by atoms with Crippen molar-refractivity contribution in [3.63, 3.8) is 0 Å². The normalized spacial score (nSPS) is 26.9. The van der Waals surface area contributed by atoms with Gasteiger partial charge in [0.25, 0.3) is 0 Å². The molecule has 0 spiro atoms. The van der Waals surface area contributed by atoms with E-state index in [-0.39, 0.29) is 6.61 Å². The number of aliphatic hydroxyl groups excluding tert-OH is 1. The fourth-order valence-corrected chi connectivity index (χ4v) is 2.08. The van der Waals surface area contributed by atoms with Crippen LogP contribution in [0, 0.1) is 0 Å². The number of hydrogen-bond donors (Lipinski definition) is 3. The van der Waals surface area contributed by atoms with E-state index in [1.807, 2.05) is 0 Å². The number of alkyl halides is 6. The summed E-state index contributed by atoms with van der Waals surface area (Å²) in [4.78, 5) is 21.9. The van der Waals surface area contributed by atoms with Crippen molar-refractivity contribution in [1.82, 2.24) is 10.6 Å². The molecule has 0 unspecified atom stereocenters. The summed E-state index contributed by atoms with van der Waals surface area (Å²) in [7, 11) is 0. The van der Waals surface area contributed by atoms with E-state index in [9.17, 15) is 41.0 Å². The fourth-order valence-electron chi connectivity index (χ4n) is 2.08. The lowest BCUT2D eigenvalue weighted by Crippen LogP contribution is -2.60. The molecule has 13 heteroatoms. The molecule has 1 aliphatic rings. The number of carbonyl (C=O) groups excluding carboxylic acids is 2. The van der Waals surface area contributed by atoms with Gasteiger partial charge in [-0.25, -0.2) is 0 Å². The number of rotatable bonds is 6. The minimum Gasteiger partial charge on any atom is -0.388 e. The minimum atomic E-state index is -5.23. The Morgan fingerprint density at radius 3 is 2.27 bits per heavy atom. The third-order valence-electron chi connectivity index (χ3n) is 3.26. The van der Waals surface area contributed by atoms with Gasteiger partial charge in [-0.1, -0.05) is 6.08 Å². The SMILES string of the molecule is C=CCO[C@@H]1C[C@@H](NC(=O)C(F)(F)F)[C@H](O)[C@@H](CNC(=O)C(F)(F)F)O1. The molecule has 0 saturated carbocycles. The fraction of sp³-hybridized carbons (Fsp3) is 0.692. The topological polar surface area (TPSA) is 96.9 Å². The highest BCUT2D eigenvalue weighted by molar-refractivity contribution is 5.82. The van der Waals surface area contributed by atoms with Crippen LogP contribution in [0.3, 0.4) is 0 Å². The first-order valence-corrected chi connectivity index (χ1v) is 7.15. The van der Waals surface area contributed by atoms with E-state index < -0.39 is 61.7 Å². The second kappa shape index (κ2) is 8.68. The molecule has 3 N–H and O–H groups in total. The van der Waals surface area contributed by atoms with Crippen molar-refractivity contribution >= 4 is 11.8 Å². The number of ether oxygens (including phenoxy) is 2. The first kappa shape index (κ1) is 22.2. The molecule has 26 heavy (non-hydrogen) atoms. The Morgan fingerprint density at radius 2 is 1.77 bits per heavy atom. The molecule has 7 nitrogen and oxygen atoms in total. The minimum absolute atomic E-state index is 0.109. The van der Waals surface area contributed by atoms with Crippen molar-refractivity contribution in [1.29, 1.82) is 0 Å². The van der Waals surface area contributed by atoms with E-state index in [2.05, 4.69) is 6.58 Å². The van der Waals surface area contributed by atoms with E-state index in [0.717, 1.165) is 0 Å². The molecule has 2 amide bonds. The van der Waals surface area contributed by atoms with Crippen LogP contribution in [0.4, 0.5) is 26.3 Å². The lowest BCUT2D eigenvalue weighted by atomic mass is 9.98. The molecular weight excluding hydrogens is 378 g/mol. The van der Waals surface area contributed by atoms with Crippen LogP contribution in [-0.2, 0) is 19.1 Å². The number of amides is 2. The van der Waals surface area contributed by atoms with Gasteiger partial charge >= 0.3 is 24.2 Å². The zero-order valence-corrected chi connectivity index (χ0v) is 13.1. The highest BCUT2D eigenvalue weighted by atomic mass is 19.4. The summed E-state index contributed by atoms with van der Waals surface area (Å²) in [5, 5.41) is 13.0. The predicted octanol–water partition coefficient (Wildman–Crippen LogP) is 0.390. The van der Waals surface area contributed by atoms with E-state index >= 15 is 0 Å². The Labute approximate surface area is 143 Å². The lowest BCUT2D eigenvalue weighted by Gasteiger charge is -2.39. The molecule has 0 aromatic carbocycles. The molecule has 0 bridgehead atoms. The van der Waals surface area contributed by atoms with Gasteiger partial charge in [-0.3, -0.25) is 9.59 Å². The van der Waals surface area contributed by atoms with Gasteiger partial charge in [0.2, 0.25) is 0 Å². The highest BCUT2D eigenvalue weighted by Gasteiger charge is 2.45. The molecule has 0 aromatic heterocycles. The Morgan fingerprint density at radius 1 is 1.19 bits per heavy atom. The zero-order valence-electron chi connectivity index (χ0n) is 13.1. The molecule has 4 atom stereocenters. The molecule has 1 heterocycles. The van der Waals surface area contributed by atoms with Crippen molar-refractivity contribution in [3.05, 3.63) is 12.7 Å². The molecule has 0 radical (unpaired) electrons. The molecule has 1 saturated heterocycles. The quantitative estimate of drug-likeness (QED) is 0.448. The van der Waals surface area contributed by atoms with E-state index in [1.54, 1.807) is 0 Å². The predicted molar refractivity (Wildman–Crippen MR) is 72.5 cm³/mol. The summed E-state index contributed by atoms with van der Waals surface area (Å²) in [6, 6.07) is -1.53. The van der Waals surface area contributed by atoms with E-state index in [4.69, 9.17) is 9.47 Å². The maximum absolute atomic E-state index is 12.4. The highest BCUT2D eigenvalue weighted by Crippen LogP contribution is 2.24. The summed E-state index contributed by atoms with van der Waals surface area (Å²) in [6.07, 6.45) is -14.2. The van der Waals surface area contributed by atoms with Crippen molar-refractivity contribution < 1.29 is 50.5 Å². The first-order valence-electron chi connectivity index (χ1n) is 7.15. The summed E-state index contributed by atoms with van der Waals surface area (Å²) >= 11 is 0. The average molecular weight is 394 g/mol. The number of carbonyl (C=O) groups is 2. The van der Waals surface area contributed by atoms with Gasteiger partial charge in [0.05, 0.1) is 12.6 Å². The third kappa shape index (κ3) is 6.46. The van der Waals surface area contributed by atoms with Crippen LogP contribution in [0.5, 0.6) is 0 Å². The molecular formula is C13H16F6N2O5. The summed E-state index contributed by atoms with van der Waals surface area (Å²) in [6.45, 7) is 2.36. The molecule has 0 aliphatic carbocycles. The van der Waals surface area contributed by atoms with Crippen LogP contribution in [-0.4, -0.2) is 67.0 Å². The van der Waals surface area contributed by atoms with Gasteiger partial charge < -0.3 is 25.2 Å². The van der Waals surface area contributed by atoms with Crippen molar-refractivity contribution in [2.45, 2.75) is 43.3 Å². The van der Waals surface area contributed by atoms with E-state index in [0.29, 0.717) is 0 Å². The largest absolute Gasteiger partial charge is 0.471 e. The van der Waals surface area contributed by atoms with Gasteiger partial charge in [0.15, 0.2) is 6.29 Å². The summed E-state index contributed by atoms with van der Waals surface area (Å²) in [5.74, 6) is -4.66. The van der Waals surface area contributed by atoms with Gasteiger partial charge in [-0.15, -0.1) is 6.58 Å². The van der Waals surface area contributed by atoms with Crippen LogP contribution in [0.15, 0.2) is 12.7 Å². The number of aliphatic hydroxyl groups is 1. The van der Waals surface area contributed by atoms with E-state index in [1.165, 1.54) is 16.7 Å². The first-order chi connectivity index (χ1) is 11.9. The second-order valence-electron chi connectivity index (χ2n) is 5.24. The van der Waals surface area contributed by atoms with Crippen molar-refractivity contribution in [3.8, 4) is 0 Å². The average Bonchev–Trinajstić information content (AvgIpc) is 2.51. The Hall–Kier alpha value is -1.86. The molecule has 1 aliphatic heterocycles. The lowest BCUT2D eigenvalue weighted by molar-refractivity contribution is -0.228. The van der Waals surface area contributed by atoms with Crippen LogP contribution >= 0.6 is 0 Å². The number of nitrogens with one attached hydrogen (secondary N) is 2. The Balaban J connectivity index is 2.82. The second-order valence-corrected chi connectivity index (χ2v) is 5.24. The molecule has 150 valence electrons. The van der Waals surface area contributed by atoms with Crippen LogP contribution < -0.4 is 10.6 Å². The molecule has 1 fully saturated rings. The maximum atomic E-state index is 12.4. The monoisotopic (exact) mass is 394 g/mol. The number of hydrogen-bond acceptors (Lipinski definition) is 5. The van der Waals surface area contributed by atoms with Crippen LogP contribution in [0.25, 0.3) is 0 Å².